The Balaban J connectivity index is 1.95. The number of amides is 1. The number of carbonyl (C=O) groups excluding carboxylic acids is 2. The Morgan fingerprint density at radius 1 is 0.893 bits per heavy atom. The van der Waals surface area contributed by atoms with Crippen molar-refractivity contribution in [1.29, 1.82) is 0 Å². The highest BCUT2D eigenvalue weighted by Gasteiger charge is 2.47. The Bertz CT molecular complexity index is 1080. The molecule has 1 saturated heterocycles. The lowest BCUT2D eigenvalue weighted by Crippen LogP contribution is -2.30. The Hall–Kier alpha value is -3.73. The Kier molecular flexibility index (Phi) is 4.49. The summed E-state index contributed by atoms with van der Waals surface area (Å²) in [5.74, 6) is -1.24. The van der Waals surface area contributed by atoms with Crippen LogP contribution in [0.5, 0.6) is 0 Å². The number of pyridine rings is 1. The van der Waals surface area contributed by atoms with Crippen LogP contribution in [0.4, 0.5) is 5.82 Å². The molecule has 0 radical (unpaired) electrons. The third-order valence-corrected chi connectivity index (χ3v) is 4.73. The van der Waals surface area contributed by atoms with Gasteiger partial charge in [0.1, 0.15) is 11.6 Å². The highest BCUT2D eigenvalue weighted by Crippen LogP contribution is 2.41. The van der Waals surface area contributed by atoms with Gasteiger partial charge in [-0.2, -0.15) is 0 Å². The van der Waals surface area contributed by atoms with Crippen molar-refractivity contribution in [2.45, 2.75) is 13.0 Å². The van der Waals surface area contributed by atoms with Crippen LogP contribution in [0.1, 0.15) is 22.9 Å². The molecular formula is C23H18N2O3. The Labute approximate surface area is 162 Å². The van der Waals surface area contributed by atoms with E-state index < -0.39 is 17.7 Å². The fraction of sp³-hybridized carbons (Fsp3) is 0.0870. The van der Waals surface area contributed by atoms with Crippen LogP contribution in [0.2, 0.25) is 0 Å². The number of rotatable bonds is 3. The minimum absolute atomic E-state index is 0.0608. The second-order valence-corrected chi connectivity index (χ2v) is 6.58. The largest absolute Gasteiger partial charge is 0.507 e. The van der Waals surface area contributed by atoms with Gasteiger partial charge in [-0.05, 0) is 24.6 Å². The molecule has 1 aromatic heterocycles. The van der Waals surface area contributed by atoms with Gasteiger partial charge in [0.25, 0.3) is 5.78 Å². The number of hydrogen-bond donors (Lipinski definition) is 1. The van der Waals surface area contributed by atoms with E-state index in [-0.39, 0.29) is 11.3 Å². The first-order valence-corrected chi connectivity index (χ1v) is 8.93. The first-order valence-electron chi connectivity index (χ1n) is 8.93. The molecule has 0 bridgehead atoms. The quantitative estimate of drug-likeness (QED) is 0.429. The van der Waals surface area contributed by atoms with Crippen LogP contribution in [0.3, 0.4) is 0 Å². The molecular weight excluding hydrogens is 352 g/mol. The van der Waals surface area contributed by atoms with Gasteiger partial charge in [-0.25, -0.2) is 4.98 Å². The van der Waals surface area contributed by atoms with Crippen LogP contribution in [-0.4, -0.2) is 21.8 Å². The van der Waals surface area contributed by atoms with Crippen LogP contribution in [-0.2, 0) is 9.59 Å². The van der Waals surface area contributed by atoms with Crippen molar-refractivity contribution in [3.63, 3.8) is 0 Å². The molecule has 1 aliphatic heterocycles. The maximum absolute atomic E-state index is 12.9. The fourth-order valence-electron chi connectivity index (χ4n) is 3.43. The van der Waals surface area contributed by atoms with Gasteiger partial charge in [-0.3, -0.25) is 14.5 Å². The first-order chi connectivity index (χ1) is 13.6. The van der Waals surface area contributed by atoms with Crippen molar-refractivity contribution in [3.05, 3.63) is 101 Å². The molecule has 1 N–H and O–H groups in total. The summed E-state index contributed by atoms with van der Waals surface area (Å²) in [5.41, 5.74) is 2.00. The highest BCUT2D eigenvalue weighted by molar-refractivity contribution is 6.51. The summed E-state index contributed by atoms with van der Waals surface area (Å²) < 4.78 is 0. The number of nitrogens with zero attached hydrogens (tertiary/aromatic N) is 2. The van der Waals surface area contributed by atoms with E-state index in [1.54, 1.807) is 36.4 Å². The smallest absolute Gasteiger partial charge is 0.301 e. The average Bonchev–Trinajstić information content (AvgIpc) is 3.00. The zero-order valence-electron chi connectivity index (χ0n) is 15.2. The van der Waals surface area contributed by atoms with Crippen molar-refractivity contribution in [3.8, 4) is 0 Å². The van der Waals surface area contributed by atoms with Gasteiger partial charge in [0.15, 0.2) is 0 Å². The first kappa shape index (κ1) is 17.7. The molecule has 4 rings (SSSR count). The second-order valence-electron chi connectivity index (χ2n) is 6.58. The minimum atomic E-state index is -0.754. The molecule has 5 nitrogen and oxygen atoms in total. The highest BCUT2D eigenvalue weighted by atomic mass is 16.3. The summed E-state index contributed by atoms with van der Waals surface area (Å²) >= 11 is 0. The van der Waals surface area contributed by atoms with Crippen molar-refractivity contribution in [2.24, 2.45) is 0 Å². The van der Waals surface area contributed by atoms with Gasteiger partial charge in [0.2, 0.25) is 0 Å². The summed E-state index contributed by atoms with van der Waals surface area (Å²) in [4.78, 5) is 31.7. The molecule has 1 fully saturated rings. The number of Topliss-reactive ketones (excluding diaryl/α,β-unsaturated/α-hetero) is 1. The molecule has 2 aromatic carbocycles. The fourth-order valence-corrected chi connectivity index (χ4v) is 3.43. The van der Waals surface area contributed by atoms with Crippen molar-refractivity contribution in [1.82, 2.24) is 4.98 Å². The van der Waals surface area contributed by atoms with Crippen LogP contribution in [0, 0.1) is 6.92 Å². The molecule has 2 heterocycles. The Morgan fingerprint density at radius 3 is 2.18 bits per heavy atom. The van der Waals surface area contributed by atoms with E-state index in [1.165, 1.54) is 4.90 Å². The maximum atomic E-state index is 12.9. The van der Waals surface area contributed by atoms with E-state index in [2.05, 4.69) is 4.98 Å². The number of hydrogen-bond acceptors (Lipinski definition) is 4. The number of aliphatic hydroxyl groups excluding tert-OH is 1. The lowest BCUT2D eigenvalue weighted by molar-refractivity contribution is -0.132. The van der Waals surface area contributed by atoms with Gasteiger partial charge < -0.3 is 5.11 Å². The summed E-state index contributed by atoms with van der Waals surface area (Å²) in [5, 5.41) is 10.9. The van der Waals surface area contributed by atoms with E-state index in [4.69, 9.17) is 0 Å². The predicted molar refractivity (Wildman–Crippen MR) is 107 cm³/mol. The number of benzene rings is 2. The predicted octanol–water partition coefficient (Wildman–Crippen LogP) is 4.02. The number of aromatic nitrogens is 1. The lowest BCUT2D eigenvalue weighted by atomic mass is 9.95. The van der Waals surface area contributed by atoms with Crippen LogP contribution < -0.4 is 4.90 Å². The van der Waals surface area contributed by atoms with Gasteiger partial charge in [0.05, 0.1) is 11.6 Å². The van der Waals surface area contributed by atoms with E-state index in [0.717, 1.165) is 11.3 Å². The van der Waals surface area contributed by atoms with E-state index >= 15 is 0 Å². The van der Waals surface area contributed by atoms with Crippen LogP contribution in [0.25, 0.3) is 5.76 Å². The van der Waals surface area contributed by atoms with E-state index in [9.17, 15) is 14.7 Å². The third-order valence-electron chi connectivity index (χ3n) is 4.73. The molecule has 1 atom stereocenters. The molecule has 0 aliphatic carbocycles. The molecule has 1 unspecified atom stereocenters. The number of carbonyl (C=O) groups is 2. The number of anilines is 1. The minimum Gasteiger partial charge on any atom is -0.507 e. The van der Waals surface area contributed by atoms with E-state index in [1.807, 2.05) is 49.4 Å². The summed E-state index contributed by atoms with van der Waals surface area (Å²) in [6, 6.07) is 22.5. The number of aryl methyl sites for hydroxylation is 1. The molecule has 138 valence electrons. The standard InChI is InChI=1S/C23H18N2O3/c1-15-9-8-14-18(24-15)25-20(16-10-4-2-5-11-16)19(22(27)23(25)28)21(26)17-12-6-3-7-13-17/h2-14,20,26H,1H3/b21-19+. The van der Waals surface area contributed by atoms with Crippen LogP contribution >= 0.6 is 0 Å². The monoisotopic (exact) mass is 370 g/mol. The molecule has 0 spiro atoms. The normalized spacial score (nSPS) is 18.5. The zero-order chi connectivity index (χ0) is 19.7. The SMILES string of the molecule is Cc1cccc(N2C(=O)C(=O)/C(=C(/O)c3ccccc3)C2c2ccccc2)n1. The number of aliphatic hydroxyl groups is 1. The van der Waals surface area contributed by atoms with Crippen molar-refractivity contribution < 1.29 is 14.7 Å². The van der Waals surface area contributed by atoms with E-state index in [0.29, 0.717) is 11.4 Å². The van der Waals surface area contributed by atoms with Gasteiger partial charge in [-0.1, -0.05) is 66.7 Å². The number of ketones is 1. The molecule has 28 heavy (non-hydrogen) atoms. The Morgan fingerprint density at radius 2 is 1.54 bits per heavy atom. The van der Waals surface area contributed by atoms with Crippen molar-refractivity contribution in [2.75, 3.05) is 4.90 Å². The van der Waals surface area contributed by atoms with Crippen LogP contribution in [0.15, 0.2) is 84.4 Å². The second kappa shape index (κ2) is 7.12. The summed E-state index contributed by atoms with van der Waals surface area (Å²) in [7, 11) is 0. The molecule has 3 aromatic rings. The van der Waals surface area contributed by atoms with Gasteiger partial charge >= 0.3 is 5.91 Å². The molecule has 5 heteroatoms. The molecule has 1 amide bonds. The lowest BCUT2D eigenvalue weighted by Gasteiger charge is -2.24. The van der Waals surface area contributed by atoms with Gasteiger partial charge in [0, 0.05) is 11.3 Å². The third kappa shape index (κ3) is 2.97. The maximum Gasteiger partial charge on any atom is 0.301 e. The summed E-state index contributed by atoms with van der Waals surface area (Å²) in [6.07, 6.45) is 0. The summed E-state index contributed by atoms with van der Waals surface area (Å²) in [6.45, 7) is 1.82. The zero-order valence-corrected chi connectivity index (χ0v) is 15.2. The molecule has 1 aliphatic rings. The topological polar surface area (TPSA) is 70.5 Å². The molecule has 0 saturated carbocycles. The average molecular weight is 370 g/mol. The van der Waals surface area contributed by atoms with Crippen molar-refractivity contribution >= 4 is 23.3 Å². The van der Waals surface area contributed by atoms with Gasteiger partial charge in [-0.15, -0.1) is 0 Å².